The first-order chi connectivity index (χ1) is 26.6. The number of benzene rings is 2. The van der Waals surface area contributed by atoms with Gasteiger partial charge in [-0.25, -0.2) is 38.3 Å². The van der Waals surface area contributed by atoms with Crippen LogP contribution in [-0.2, 0) is 18.9 Å². The summed E-state index contributed by atoms with van der Waals surface area (Å²) < 4.78 is 52.0. The first kappa shape index (κ1) is 42.3. The molecule has 2 aromatic carbocycles. The molecule has 8 rings (SSSR count). The second-order valence-corrected chi connectivity index (χ2v) is 12.9. The molecule has 0 aliphatic carbocycles. The number of nitrogen functional groups attached to an aromatic ring is 2. The van der Waals surface area contributed by atoms with E-state index in [1.807, 2.05) is 13.8 Å². The number of hydrogen-bond acceptors (Lipinski definition) is 16. The number of rotatable bonds is 7. The van der Waals surface area contributed by atoms with Crippen molar-refractivity contribution in [3.05, 3.63) is 84.4 Å². The fraction of sp³-hybridized carbons (Fsp3) is 0.353. The number of alkyl halides is 3. The quantitative estimate of drug-likeness (QED) is 0.116. The van der Waals surface area contributed by atoms with Gasteiger partial charge in [0.05, 0.1) is 17.2 Å². The van der Waals surface area contributed by atoms with Crippen molar-refractivity contribution in [2.45, 2.75) is 74.7 Å². The molecule has 290 valence electrons. The predicted octanol–water partition coefficient (Wildman–Crippen LogP) is 1.20. The number of fused-ring (bicyclic) bond motifs is 2. The van der Waals surface area contributed by atoms with E-state index in [2.05, 4.69) is 61.6 Å². The molecule has 0 amide bonds. The zero-order valence-electron chi connectivity index (χ0n) is 31.2. The molecule has 18 nitrogen and oxygen atoms in total. The number of nitrogens with one attached hydrogen (secondary N) is 1. The van der Waals surface area contributed by atoms with Crippen molar-refractivity contribution in [2.24, 2.45) is 0 Å². The van der Waals surface area contributed by atoms with Crippen molar-refractivity contribution in [3.8, 4) is 0 Å². The van der Waals surface area contributed by atoms with E-state index < -0.39 is 59.9 Å². The maximum absolute atomic E-state index is 15.2. The molecular formula is C34H36BrF2N12NaO6. The van der Waals surface area contributed by atoms with Crippen molar-refractivity contribution in [1.29, 1.82) is 0 Å². The summed E-state index contributed by atoms with van der Waals surface area (Å²) in [6.07, 6.45) is -3.47. The van der Waals surface area contributed by atoms with Crippen LogP contribution in [0.3, 0.4) is 0 Å². The summed E-state index contributed by atoms with van der Waals surface area (Å²) in [5, 5.41) is 16.9. The van der Waals surface area contributed by atoms with Gasteiger partial charge in [-0.05, 0) is 37.1 Å². The van der Waals surface area contributed by atoms with Crippen LogP contribution in [-0.4, -0.2) is 104 Å². The van der Waals surface area contributed by atoms with Gasteiger partial charge in [-0.1, -0.05) is 71.4 Å². The van der Waals surface area contributed by atoms with E-state index in [0.717, 1.165) is 0 Å². The van der Waals surface area contributed by atoms with Gasteiger partial charge in [0.15, 0.2) is 59.1 Å². The van der Waals surface area contributed by atoms with E-state index >= 15 is 4.39 Å². The molecule has 8 atom stereocenters. The normalized spacial score (nSPS) is 23.9. The molecule has 2 fully saturated rings. The standard InChI is InChI=1S/C17H17FN6O3.C13H14BrFO3.C4H4N6.Na.H/c1-2-10-13(27-17(25)9-6-4-3-5-7-9)11(18)16(26-10)24-15-12(22-23-24)14(19)20-8-21-15;1-2-9-11(10(15)12(14)17-9)18-13(16)8-6-4-3-5-7-8;5-3-2-4(7-1-6-3)9-10-8-2;;/h3-8,10-11,13,16H,2H2,1H3,(H2,19,20,21);3-7,9-12H,2H2,1H3;1H,(H3,5,6,7,8,9,10);;/q;;;+1;-1/t10-,11+,13-,16-;9-,10+,11-,12+;;;/m11.../s1. The van der Waals surface area contributed by atoms with Crippen LogP contribution in [0.5, 0.6) is 0 Å². The molecule has 0 bridgehead atoms. The summed E-state index contributed by atoms with van der Waals surface area (Å²) in [5.74, 6) is -0.648. The van der Waals surface area contributed by atoms with Crippen molar-refractivity contribution in [3.63, 3.8) is 0 Å². The molecule has 2 aliphatic heterocycles. The van der Waals surface area contributed by atoms with Crippen LogP contribution in [0.15, 0.2) is 73.3 Å². The number of ether oxygens (including phenoxy) is 4. The first-order valence-electron chi connectivity index (χ1n) is 16.9. The van der Waals surface area contributed by atoms with E-state index in [0.29, 0.717) is 41.0 Å². The molecule has 2 saturated heterocycles. The van der Waals surface area contributed by atoms with Gasteiger partial charge >= 0.3 is 41.5 Å². The Morgan fingerprint density at radius 2 is 1.34 bits per heavy atom. The number of nitrogens with zero attached hydrogens (tertiary/aromatic N) is 9. The molecule has 4 aromatic heterocycles. The maximum atomic E-state index is 15.2. The number of aromatic nitrogens is 10. The number of esters is 2. The van der Waals surface area contributed by atoms with Gasteiger partial charge in [0, 0.05) is 0 Å². The van der Waals surface area contributed by atoms with Gasteiger partial charge in [0.1, 0.15) is 23.8 Å². The Hall–Kier alpha value is -4.80. The molecule has 22 heteroatoms. The third kappa shape index (κ3) is 9.41. The minimum Gasteiger partial charge on any atom is -1.00 e. The Bertz CT molecular complexity index is 2220. The smallest absolute Gasteiger partial charge is 1.00 e. The topological polar surface area (TPSA) is 247 Å². The van der Waals surface area contributed by atoms with Crippen LogP contribution in [0, 0.1) is 0 Å². The van der Waals surface area contributed by atoms with Gasteiger partial charge in [-0.15, -0.1) is 10.2 Å². The van der Waals surface area contributed by atoms with Crippen molar-refractivity contribution >= 4 is 61.8 Å². The van der Waals surface area contributed by atoms with Gasteiger partial charge in [0.2, 0.25) is 5.65 Å². The van der Waals surface area contributed by atoms with Crippen LogP contribution in [0.25, 0.3) is 22.3 Å². The van der Waals surface area contributed by atoms with E-state index in [1.54, 1.807) is 60.7 Å². The molecule has 0 saturated carbocycles. The van der Waals surface area contributed by atoms with Gasteiger partial charge in [-0.3, -0.25) is 0 Å². The SMILES string of the molecule is CC[C@H]1O[C@@H](n2nnc3c(N)ncnc32)[C@@H](F)[C@@H]1OC(=O)c1ccccc1.CC[C@H]1O[C@H](Br)[C@@H](F)[C@@H]1OC(=O)c1ccccc1.Nc1ncnc2n[nH]nc12.[H-].[Na+]. The summed E-state index contributed by atoms with van der Waals surface area (Å²) in [4.78, 5) is 39.6. The molecule has 0 unspecified atom stereocenters. The third-order valence-electron chi connectivity index (χ3n) is 8.49. The molecule has 2 aliphatic rings. The summed E-state index contributed by atoms with van der Waals surface area (Å²) >= 11 is 3.08. The Morgan fingerprint density at radius 1 is 0.804 bits per heavy atom. The summed E-state index contributed by atoms with van der Waals surface area (Å²) in [5.41, 5.74) is 13.4. The average molecular weight is 850 g/mol. The molecule has 6 aromatic rings. The van der Waals surface area contributed by atoms with Crippen LogP contribution in [0.2, 0.25) is 0 Å². The van der Waals surface area contributed by atoms with Crippen LogP contribution in [0.4, 0.5) is 20.4 Å². The fourth-order valence-corrected chi connectivity index (χ4v) is 6.26. The largest absolute Gasteiger partial charge is 1.00 e. The van der Waals surface area contributed by atoms with Crippen molar-refractivity contribution in [1.82, 2.24) is 50.3 Å². The van der Waals surface area contributed by atoms with Gasteiger partial charge in [0.25, 0.3) is 0 Å². The number of carbonyl (C=O) groups excluding carboxylic acids is 2. The Labute approximate surface area is 349 Å². The van der Waals surface area contributed by atoms with E-state index in [1.165, 1.54) is 17.3 Å². The number of anilines is 2. The maximum Gasteiger partial charge on any atom is 1.00 e. The van der Waals surface area contributed by atoms with Crippen LogP contribution >= 0.6 is 15.9 Å². The zero-order valence-corrected chi connectivity index (χ0v) is 33.8. The molecule has 56 heavy (non-hydrogen) atoms. The Kier molecular flexibility index (Phi) is 14.6. The number of hydrogen-bond donors (Lipinski definition) is 3. The van der Waals surface area contributed by atoms with Crippen molar-refractivity contribution in [2.75, 3.05) is 11.5 Å². The van der Waals surface area contributed by atoms with Crippen LogP contribution in [0.1, 0.15) is 55.1 Å². The molecule has 5 N–H and O–H groups in total. The first-order valence-corrected chi connectivity index (χ1v) is 17.9. The van der Waals surface area contributed by atoms with Crippen LogP contribution < -0.4 is 41.0 Å². The van der Waals surface area contributed by atoms with E-state index in [-0.39, 0.29) is 48.0 Å². The zero-order chi connectivity index (χ0) is 39.1. The minimum absolute atomic E-state index is 0. The number of nitrogens with two attached hydrogens (primary N) is 2. The molecule has 0 spiro atoms. The fourth-order valence-electron chi connectivity index (χ4n) is 5.68. The number of carbonyl (C=O) groups is 2. The second-order valence-electron chi connectivity index (χ2n) is 12.0. The Balaban J connectivity index is 0.000000207. The second kappa shape index (κ2) is 19.4. The Morgan fingerprint density at radius 3 is 1.91 bits per heavy atom. The van der Waals surface area contributed by atoms with Crippen molar-refractivity contribution < 1.29 is 68.3 Å². The minimum atomic E-state index is -1.65. The molecular weight excluding hydrogens is 813 g/mol. The van der Waals surface area contributed by atoms with E-state index in [9.17, 15) is 14.0 Å². The summed E-state index contributed by atoms with van der Waals surface area (Å²) in [6.45, 7) is 3.69. The third-order valence-corrected chi connectivity index (χ3v) is 9.21. The summed E-state index contributed by atoms with van der Waals surface area (Å²) in [6, 6.07) is 17.0. The van der Waals surface area contributed by atoms with Gasteiger partial charge in [-0.2, -0.15) is 15.0 Å². The average Bonchev–Trinajstić information content (AvgIpc) is 4.00. The molecule has 0 radical (unpaired) electrons. The number of aromatic amines is 1. The van der Waals surface area contributed by atoms with Gasteiger partial charge < -0.3 is 31.8 Å². The summed E-state index contributed by atoms with van der Waals surface area (Å²) in [7, 11) is 0. The van der Waals surface area contributed by atoms with E-state index in [4.69, 9.17) is 30.4 Å². The number of H-pyrrole nitrogens is 1. The monoisotopic (exact) mass is 848 g/mol. The molecule has 6 heterocycles. The predicted molar refractivity (Wildman–Crippen MR) is 196 cm³/mol. The number of halogens is 3.